The monoisotopic (exact) mass is 480 g/mol. The fraction of sp³-hybridized carbons (Fsp3) is 0.471. The molecule has 0 bridgehead atoms. The minimum atomic E-state index is -4.62. The maximum absolute atomic E-state index is 12.9. The highest BCUT2D eigenvalue weighted by Gasteiger charge is 2.71. The van der Waals surface area contributed by atoms with Gasteiger partial charge in [0.25, 0.3) is 11.4 Å². The molecule has 15 heteroatoms. The van der Waals surface area contributed by atoms with Crippen LogP contribution in [0.4, 0.5) is 19.0 Å². The number of ether oxygens (including phenoxy) is 2. The van der Waals surface area contributed by atoms with E-state index in [0.29, 0.717) is 12.3 Å². The fourth-order valence-electron chi connectivity index (χ4n) is 3.42. The van der Waals surface area contributed by atoms with E-state index in [0.717, 1.165) is 19.1 Å². The van der Waals surface area contributed by atoms with Crippen LogP contribution in [0.25, 0.3) is 0 Å². The smallest absolute Gasteiger partial charge is 0.417 e. The number of pyridine rings is 1. The maximum Gasteiger partial charge on any atom is 0.417 e. The molecule has 2 aliphatic rings. The molecule has 2 N–H and O–H groups in total. The molecule has 2 saturated heterocycles. The Hall–Kier alpha value is -2.97. The van der Waals surface area contributed by atoms with E-state index in [1.807, 2.05) is 0 Å². The number of amides is 2. The van der Waals surface area contributed by atoms with Gasteiger partial charge in [-0.05, 0) is 6.07 Å². The summed E-state index contributed by atoms with van der Waals surface area (Å²) in [6.07, 6.45) is -5.54. The van der Waals surface area contributed by atoms with E-state index >= 15 is 0 Å². The van der Waals surface area contributed by atoms with Crippen LogP contribution in [-0.2, 0) is 39.7 Å². The predicted molar refractivity (Wildman–Crippen MR) is 97.7 cm³/mol. The van der Waals surface area contributed by atoms with Crippen LogP contribution >= 0.6 is 11.6 Å². The van der Waals surface area contributed by atoms with Gasteiger partial charge in [-0.3, -0.25) is 19.3 Å². The molecule has 2 atom stereocenters. The summed E-state index contributed by atoms with van der Waals surface area (Å²) >= 11 is 5.80. The highest BCUT2D eigenvalue weighted by molar-refractivity contribution is 6.33. The van der Waals surface area contributed by atoms with Crippen molar-refractivity contribution in [3.05, 3.63) is 22.8 Å². The van der Waals surface area contributed by atoms with Crippen molar-refractivity contribution in [2.24, 2.45) is 5.92 Å². The van der Waals surface area contributed by atoms with Crippen LogP contribution in [-0.4, -0.2) is 72.6 Å². The number of hydrogen-bond donors (Lipinski definition) is 2. The number of carbonyl (C=O) groups is 4. The lowest BCUT2D eigenvalue weighted by Gasteiger charge is -2.26. The van der Waals surface area contributed by atoms with Crippen LogP contribution in [0.3, 0.4) is 0 Å². The quantitative estimate of drug-likeness (QED) is 0.328. The molecule has 1 aromatic rings. The number of halogens is 4. The molecule has 2 fully saturated rings. The highest BCUT2D eigenvalue weighted by Crippen LogP contribution is 2.39. The number of imide groups is 1. The molecule has 0 spiro atoms. The van der Waals surface area contributed by atoms with Crippen molar-refractivity contribution in [3.8, 4) is 0 Å². The van der Waals surface area contributed by atoms with Crippen molar-refractivity contribution in [2.45, 2.75) is 17.8 Å². The lowest BCUT2D eigenvalue weighted by Crippen LogP contribution is -2.61. The van der Waals surface area contributed by atoms with Gasteiger partial charge < -0.3 is 14.8 Å². The average Bonchev–Trinajstić information content (AvgIpc) is 3.26. The Kier molecular flexibility index (Phi) is 6.31. The number of hydroxylamine groups is 1. The molecule has 1 aromatic heterocycles. The lowest BCUT2D eigenvalue weighted by atomic mass is 9.83. The van der Waals surface area contributed by atoms with Crippen LogP contribution in [0.1, 0.15) is 5.56 Å². The summed E-state index contributed by atoms with van der Waals surface area (Å²) in [5.74, 6) is -5.79. The second-order valence-corrected chi connectivity index (χ2v) is 7.12. The van der Waals surface area contributed by atoms with Gasteiger partial charge in [0.15, 0.2) is 6.10 Å². The van der Waals surface area contributed by atoms with Gasteiger partial charge in [-0.2, -0.15) is 18.7 Å². The van der Waals surface area contributed by atoms with Gasteiger partial charge in [0.05, 0.1) is 24.8 Å². The van der Waals surface area contributed by atoms with E-state index < -0.39 is 53.1 Å². The zero-order valence-electron chi connectivity index (χ0n) is 16.5. The van der Waals surface area contributed by atoms with Crippen LogP contribution in [0, 0.1) is 5.92 Å². The van der Waals surface area contributed by atoms with Gasteiger partial charge in [-0.15, -0.1) is 0 Å². The summed E-state index contributed by atoms with van der Waals surface area (Å²) in [5, 5.41) is 2.30. The number of methoxy groups -OCH3 is 2. The van der Waals surface area contributed by atoms with E-state index in [2.05, 4.69) is 25.3 Å². The maximum atomic E-state index is 12.9. The van der Waals surface area contributed by atoms with Crippen molar-refractivity contribution in [3.63, 3.8) is 0 Å². The number of fused-ring (bicyclic) bond motifs is 1. The number of hydrogen-bond acceptors (Lipinski definition) is 10. The molecule has 0 aromatic carbocycles. The molecular formula is C17H16ClF3N4O7. The summed E-state index contributed by atoms with van der Waals surface area (Å²) < 4.78 is 47.3. The standard InChI is InChI=1S/C17H16ClF3N4O7/c1-30-14(28)16(15(29)31-2)9-10(32-24-16)13(27)25(12(9)26)4-3-22-11-8(18)5-7(6-23-11)17(19,20)21/h5-6,9-10,24H,3-4H2,1-2H3,(H,22,23)/t9-,10-/m0/s1. The topological polar surface area (TPSA) is 136 Å². The third-order valence-corrected chi connectivity index (χ3v) is 5.26. The SMILES string of the molecule is COC(=O)C1(C(=O)OC)NO[C@@H]2C(=O)N(CCNc3ncc(C(F)(F)F)cc3Cl)C(=O)[C@H]21. The first-order valence-corrected chi connectivity index (χ1v) is 9.28. The summed E-state index contributed by atoms with van der Waals surface area (Å²) in [4.78, 5) is 59.5. The molecule has 11 nitrogen and oxygen atoms in total. The lowest BCUT2D eigenvalue weighted by molar-refractivity contribution is -0.171. The second-order valence-electron chi connectivity index (χ2n) is 6.72. The first-order valence-electron chi connectivity index (χ1n) is 8.90. The summed E-state index contributed by atoms with van der Waals surface area (Å²) in [7, 11) is 1.96. The number of likely N-dealkylation sites (tertiary alicyclic amines) is 1. The Morgan fingerprint density at radius 2 is 1.91 bits per heavy atom. The van der Waals surface area contributed by atoms with Gasteiger partial charge in [0, 0.05) is 19.3 Å². The minimum Gasteiger partial charge on any atom is -0.467 e. The number of nitrogens with one attached hydrogen (secondary N) is 2. The molecule has 3 rings (SSSR count). The van der Waals surface area contributed by atoms with E-state index in [1.54, 1.807) is 0 Å². The highest BCUT2D eigenvalue weighted by atomic mass is 35.5. The molecule has 174 valence electrons. The summed E-state index contributed by atoms with van der Waals surface area (Å²) in [6, 6.07) is 0.675. The number of anilines is 1. The van der Waals surface area contributed by atoms with Crippen LogP contribution in [0.5, 0.6) is 0 Å². The van der Waals surface area contributed by atoms with Crippen molar-refractivity contribution < 1.29 is 46.7 Å². The Labute approximate surface area is 183 Å². The normalized spacial score (nSPS) is 22.0. The van der Waals surface area contributed by atoms with Crippen LogP contribution in [0.2, 0.25) is 5.02 Å². The predicted octanol–water partition coefficient (Wildman–Crippen LogP) is 0.139. The fourth-order valence-corrected chi connectivity index (χ4v) is 3.66. The largest absolute Gasteiger partial charge is 0.467 e. The first-order chi connectivity index (χ1) is 15.0. The number of aromatic nitrogens is 1. The van der Waals surface area contributed by atoms with E-state index in [-0.39, 0.29) is 23.9 Å². The molecule has 3 heterocycles. The van der Waals surface area contributed by atoms with E-state index in [4.69, 9.17) is 16.4 Å². The van der Waals surface area contributed by atoms with Crippen molar-refractivity contribution >= 4 is 41.2 Å². The Balaban J connectivity index is 1.74. The van der Waals surface area contributed by atoms with Gasteiger partial charge in [0.1, 0.15) is 11.7 Å². The van der Waals surface area contributed by atoms with Crippen LogP contribution < -0.4 is 10.8 Å². The first kappa shape index (κ1) is 23.7. The molecule has 0 unspecified atom stereocenters. The molecule has 2 amide bonds. The Bertz CT molecular complexity index is 958. The average molecular weight is 481 g/mol. The number of alkyl halides is 3. The molecule has 0 radical (unpaired) electrons. The number of carbonyl (C=O) groups excluding carboxylic acids is 4. The minimum absolute atomic E-state index is 0.102. The zero-order valence-corrected chi connectivity index (χ0v) is 17.2. The van der Waals surface area contributed by atoms with E-state index in [9.17, 15) is 32.3 Å². The van der Waals surface area contributed by atoms with Gasteiger partial charge in [-0.1, -0.05) is 11.6 Å². The summed E-state index contributed by atoms with van der Waals surface area (Å²) in [6.45, 7) is -0.433. The Morgan fingerprint density at radius 3 is 2.44 bits per heavy atom. The van der Waals surface area contributed by atoms with E-state index in [1.165, 1.54) is 0 Å². The zero-order chi connectivity index (χ0) is 23.8. The molecule has 2 aliphatic heterocycles. The van der Waals surface area contributed by atoms with Gasteiger partial charge >= 0.3 is 18.1 Å². The number of esters is 2. The Morgan fingerprint density at radius 1 is 1.28 bits per heavy atom. The van der Waals surface area contributed by atoms with Crippen molar-refractivity contribution in [1.82, 2.24) is 15.4 Å². The van der Waals surface area contributed by atoms with Crippen LogP contribution in [0.15, 0.2) is 12.3 Å². The van der Waals surface area contributed by atoms with Crippen molar-refractivity contribution in [2.75, 3.05) is 32.6 Å². The second kappa shape index (κ2) is 8.52. The number of rotatable bonds is 6. The molecule has 32 heavy (non-hydrogen) atoms. The molecule has 0 saturated carbocycles. The summed E-state index contributed by atoms with van der Waals surface area (Å²) in [5.41, 5.74) is -1.31. The molecular weight excluding hydrogens is 465 g/mol. The third-order valence-electron chi connectivity index (χ3n) is 4.97. The third kappa shape index (κ3) is 3.73. The van der Waals surface area contributed by atoms with Gasteiger partial charge in [0.2, 0.25) is 5.91 Å². The number of nitrogens with zero attached hydrogens (tertiary/aromatic N) is 2. The molecule has 0 aliphatic carbocycles. The van der Waals surface area contributed by atoms with Crippen molar-refractivity contribution in [1.29, 1.82) is 0 Å². The van der Waals surface area contributed by atoms with Gasteiger partial charge in [-0.25, -0.2) is 14.6 Å².